The van der Waals surface area contributed by atoms with E-state index >= 15 is 0 Å². The fourth-order valence-electron chi connectivity index (χ4n) is 2.11. The molecule has 0 saturated carbocycles. The number of fused-ring (bicyclic) bond motifs is 1. The van der Waals surface area contributed by atoms with Crippen molar-refractivity contribution in [3.05, 3.63) is 24.4 Å². The minimum atomic E-state index is -1.01. The van der Waals surface area contributed by atoms with Gasteiger partial charge in [0.2, 0.25) is 5.91 Å². The number of allylic oxidation sites excluding steroid dienone is 2. The highest BCUT2D eigenvalue weighted by atomic mass is 16.3. The molecule has 2 rings (SSSR count). The Bertz CT molecular complexity index is 493. The van der Waals surface area contributed by atoms with E-state index in [4.69, 9.17) is 0 Å². The summed E-state index contributed by atoms with van der Waals surface area (Å²) in [7, 11) is 0. The highest BCUT2D eigenvalue weighted by molar-refractivity contribution is 6.09. The van der Waals surface area contributed by atoms with Gasteiger partial charge < -0.3 is 15.3 Å². The molecule has 2 heterocycles. The Balaban J connectivity index is 2.24. The molecule has 2 aliphatic rings. The van der Waals surface area contributed by atoms with E-state index in [1.165, 1.54) is 0 Å². The zero-order valence-corrected chi connectivity index (χ0v) is 11.0. The van der Waals surface area contributed by atoms with Crippen molar-refractivity contribution in [3.8, 4) is 0 Å². The fourth-order valence-corrected chi connectivity index (χ4v) is 2.11. The lowest BCUT2D eigenvalue weighted by molar-refractivity contribution is -0.135. The topological polar surface area (TPSA) is 82.0 Å². The van der Waals surface area contributed by atoms with Crippen LogP contribution in [-0.4, -0.2) is 45.8 Å². The number of hydrogen-bond donors (Lipinski definition) is 2. The largest absolute Gasteiger partial charge is 0.392 e. The molecule has 0 fully saturated rings. The molecule has 2 unspecified atom stereocenters. The van der Waals surface area contributed by atoms with Gasteiger partial charge in [-0.3, -0.25) is 9.59 Å². The smallest absolute Gasteiger partial charge is 0.250 e. The van der Waals surface area contributed by atoms with Gasteiger partial charge >= 0.3 is 0 Å². The Morgan fingerprint density at radius 1 is 1.63 bits per heavy atom. The molecule has 102 valence electrons. The van der Waals surface area contributed by atoms with Gasteiger partial charge in [-0.1, -0.05) is 6.08 Å². The van der Waals surface area contributed by atoms with Crippen molar-refractivity contribution in [1.29, 1.82) is 0 Å². The van der Waals surface area contributed by atoms with Gasteiger partial charge in [0, 0.05) is 12.7 Å². The number of carbonyl (C=O) groups is 2. The Hall–Kier alpha value is -1.95. The Kier molecular flexibility index (Phi) is 3.53. The third kappa shape index (κ3) is 2.58. The van der Waals surface area contributed by atoms with E-state index in [9.17, 15) is 14.7 Å². The zero-order valence-electron chi connectivity index (χ0n) is 11.0. The lowest BCUT2D eigenvalue weighted by atomic mass is 9.91. The van der Waals surface area contributed by atoms with Crippen LogP contribution in [-0.2, 0) is 9.59 Å². The van der Waals surface area contributed by atoms with Crippen molar-refractivity contribution in [2.24, 2.45) is 4.99 Å². The van der Waals surface area contributed by atoms with E-state index in [0.717, 1.165) is 0 Å². The van der Waals surface area contributed by atoms with E-state index in [-0.39, 0.29) is 24.8 Å². The summed E-state index contributed by atoms with van der Waals surface area (Å²) in [6.45, 7) is 3.44. The van der Waals surface area contributed by atoms with Crippen LogP contribution in [0.3, 0.4) is 0 Å². The molecule has 0 aromatic rings. The van der Waals surface area contributed by atoms with Crippen LogP contribution in [0, 0.1) is 0 Å². The van der Waals surface area contributed by atoms with E-state index in [1.807, 2.05) is 0 Å². The molecule has 0 spiro atoms. The average Bonchev–Trinajstić information content (AvgIpc) is 2.35. The zero-order chi connectivity index (χ0) is 14.0. The molecule has 2 N–H and O–H groups in total. The van der Waals surface area contributed by atoms with Gasteiger partial charge in [0.15, 0.2) is 0 Å². The van der Waals surface area contributed by atoms with E-state index < -0.39 is 11.6 Å². The highest BCUT2D eigenvalue weighted by Crippen LogP contribution is 2.27. The van der Waals surface area contributed by atoms with Gasteiger partial charge in [0.25, 0.3) is 5.91 Å². The molecule has 0 saturated heterocycles. The van der Waals surface area contributed by atoms with Crippen molar-refractivity contribution >= 4 is 17.6 Å². The lowest BCUT2D eigenvalue weighted by Gasteiger charge is -2.41. The molecule has 0 aliphatic carbocycles. The van der Waals surface area contributed by atoms with E-state index in [1.54, 1.807) is 43.2 Å². The maximum atomic E-state index is 12.3. The van der Waals surface area contributed by atoms with Crippen molar-refractivity contribution < 1.29 is 14.7 Å². The van der Waals surface area contributed by atoms with Crippen LogP contribution in [0.2, 0.25) is 0 Å². The number of rotatable bonds is 3. The van der Waals surface area contributed by atoms with E-state index in [0.29, 0.717) is 5.84 Å². The molecular formula is C13H17N3O3. The quantitative estimate of drug-likeness (QED) is 0.748. The summed E-state index contributed by atoms with van der Waals surface area (Å²) in [6.07, 6.45) is 6.36. The first kappa shape index (κ1) is 13.5. The van der Waals surface area contributed by atoms with Crippen LogP contribution in [0.25, 0.3) is 0 Å². The number of carbonyl (C=O) groups excluding carboxylic acids is 2. The third-order valence-electron chi connectivity index (χ3n) is 3.15. The Morgan fingerprint density at radius 3 is 3.05 bits per heavy atom. The van der Waals surface area contributed by atoms with E-state index in [2.05, 4.69) is 10.3 Å². The minimum Gasteiger partial charge on any atom is -0.392 e. The first-order valence-corrected chi connectivity index (χ1v) is 6.15. The third-order valence-corrected chi connectivity index (χ3v) is 3.15. The van der Waals surface area contributed by atoms with Crippen LogP contribution in [0.4, 0.5) is 0 Å². The maximum Gasteiger partial charge on any atom is 0.250 e. The SMILES string of the molecule is CC(O)CNC(=O)C1(C)CC(=O)N=C2C=CC=CN21. The molecule has 19 heavy (non-hydrogen) atoms. The molecule has 0 aromatic carbocycles. The van der Waals surface area contributed by atoms with Crippen molar-refractivity contribution in [2.75, 3.05) is 6.54 Å². The van der Waals surface area contributed by atoms with Crippen LogP contribution in [0.15, 0.2) is 29.4 Å². The van der Waals surface area contributed by atoms with Gasteiger partial charge in [-0.05, 0) is 26.0 Å². The standard InChI is InChI=1S/C13H17N3O3/c1-9(17)8-14-12(19)13(2)7-11(18)15-10-5-3-4-6-16(10)13/h3-6,9,17H,7-8H2,1-2H3,(H,14,19). The molecule has 0 radical (unpaired) electrons. The maximum absolute atomic E-state index is 12.3. The number of aliphatic imine (C=N–C) groups is 1. The predicted octanol–water partition coefficient (Wildman–Crippen LogP) is -0.0436. The summed E-state index contributed by atoms with van der Waals surface area (Å²) in [4.78, 5) is 29.6. The fraction of sp³-hybridized carbons (Fsp3) is 0.462. The van der Waals surface area contributed by atoms with Gasteiger partial charge in [0.1, 0.15) is 11.4 Å². The summed E-state index contributed by atoms with van der Waals surface area (Å²) >= 11 is 0. The second-order valence-electron chi connectivity index (χ2n) is 4.94. The molecule has 2 amide bonds. The molecule has 6 nitrogen and oxygen atoms in total. The summed E-state index contributed by atoms with van der Waals surface area (Å²) in [6, 6.07) is 0. The first-order chi connectivity index (χ1) is 8.93. The second kappa shape index (κ2) is 4.97. The van der Waals surface area contributed by atoms with Crippen LogP contribution < -0.4 is 5.32 Å². The molecule has 6 heteroatoms. The number of amides is 2. The molecule has 0 bridgehead atoms. The first-order valence-electron chi connectivity index (χ1n) is 6.15. The predicted molar refractivity (Wildman–Crippen MR) is 70.3 cm³/mol. The molecule has 0 aromatic heterocycles. The van der Waals surface area contributed by atoms with Gasteiger partial charge in [-0.2, -0.15) is 4.99 Å². The summed E-state index contributed by atoms with van der Waals surface area (Å²) in [5, 5.41) is 11.9. The monoisotopic (exact) mass is 263 g/mol. The Morgan fingerprint density at radius 2 is 2.37 bits per heavy atom. The van der Waals surface area contributed by atoms with Gasteiger partial charge in [-0.15, -0.1) is 0 Å². The van der Waals surface area contributed by atoms with Crippen LogP contribution >= 0.6 is 0 Å². The number of nitrogens with zero attached hydrogens (tertiary/aromatic N) is 2. The van der Waals surface area contributed by atoms with Crippen LogP contribution in [0.1, 0.15) is 20.3 Å². The summed E-state index contributed by atoms with van der Waals surface area (Å²) < 4.78 is 0. The summed E-state index contributed by atoms with van der Waals surface area (Å²) in [5.41, 5.74) is -1.01. The number of aliphatic hydroxyl groups is 1. The number of nitrogens with one attached hydrogen (secondary N) is 1. The van der Waals surface area contributed by atoms with Gasteiger partial charge in [0.05, 0.1) is 12.5 Å². The second-order valence-corrected chi connectivity index (χ2v) is 4.94. The van der Waals surface area contributed by atoms with Gasteiger partial charge in [-0.25, -0.2) is 0 Å². The highest BCUT2D eigenvalue weighted by Gasteiger charge is 2.44. The molecule has 2 atom stereocenters. The van der Waals surface area contributed by atoms with Crippen LogP contribution in [0.5, 0.6) is 0 Å². The number of hydrogen-bond acceptors (Lipinski definition) is 4. The molecule has 2 aliphatic heterocycles. The lowest BCUT2D eigenvalue weighted by Crippen LogP contribution is -2.60. The van der Waals surface area contributed by atoms with Crippen molar-refractivity contribution in [2.45, 2.75) is 31.9 Å². The summed E-state index contributed by atoms with van der Waals surface area (Å²) in [5.74, 6) is -0.150. The molecular weight excluding hydrogens is 246 g/mol. The van der Waals surface area contributed by atoms with Crippen molar-refractivity contribution in [3.63, 3.8) is 0 Å². The number of amidine groups is 1. The average molecular weight is 263 g/mol. The normalized spacial score (nSPS) is 26.8. The van der Waals surface area contributed by atoms with Crippen molar-refractivity contribution in [1.82, 2.24) is 10.2 Å². The number of aliphatic hydroxyl groups excluding tert-OH is 1. The Labute approximate surface area is 111 Å². The minimum absolute atomic E-state index is 0.0142.